The second kappa shape index (κ2) is 8.48. The molecule has 0 aliphatic heterocycles. The number of carboxylic acids is 1. The molecule has 6 nitrogen and oxygen atoms in total. The minimum absolute atomic E-state index is 0.0319. The molecule has 0 bridgehead atoms. The molecule has 1 aromatic heterocycles. The van der Waals surface area contributed by atoms with Crippen LogP contribution in [0.5, 0.6) is 0 Å². The van der Waals surface area contributed by atoms with Gasteiger partial charge in [0.15, 0.2) is 0 Å². The van der Waals surface area contributed by atoms with Crippen molar-refractivity contribution in [3.63, 3.8) is 0 Å². The number of aromatic nitrogens is 2. The zero-order valence-electron chi connectivity index (χ0n) is 14.7. The van der Waals surface area contributed by atoms with Gasteiger partial charge in [-0.2, -0.15) is 18.2 Å². The summed E-state index contributed by atoms with van der Waals surface area (Å²) in [6.45, 7) is -0.409. The van der Waals surface area contributed by atoms with E-state index >= 15 is 0 Å². The molecule has 3 rings (SSSR count). The Hall–Kier alpha value is -3.14. The first-order chi connectivity index (χ1) is 13.7. The zero-order chi connectivity index (χ0) is 21.0. The molecule has 0 atom stereocenters. The van der Waals surface area contributed by atoms with Gasteiger partial charge in [-0.3, -0.25) is 4.79 Å². The number of carboxylic acid groups (broad SMARTS) is 1. The van der Waals surface area contributed by atoms with Gasteiger partial charge < -0.3 is 15.7 Å². The van der Waals surface area contributed by atoms with Gasteiger partial charge >= 0.3 is 12.1 Å². The van der Waals surface area contributed by atoms with Crippen molar-refractivity contribution in [3.05, 3.63) is 64.6 Å². The lowest BCUT2D eigenvalue weighted by Gasteiger charge is -2.14. The molecule has 0 radical (unpaired) electrons. The van der Waals surface area contributed by atoms with Crippen LogP contribution in [0.2, 0.25) is 0 Å². The molecule has 0 saturated carbocycles. The van der Waals surface area contributed by atoms with Gasteiger partial charge in [0.1, 0.15) is 12.4 Å². The van der Waals surface area contributed by atoms with Crippen LogP contribution in [0.15, 0.2) is 59.1 Å². The Morgan fingerprint density at radius 1 is 1.07 bits per heavy atom. The van der Waals surface area contributed by atoms with E-state index in [0.717, 1.165) is 11.6 Å². The largest absolute Gasteiger partial charge is 0.480 e. The van der Waals surface area contributed by atoms with Crippen LogP contribution in [0.1, 0.15) is 5.56 Å². The van der Waals surface area contributed by atoms with Gasteiger partial charge in [0.2, 0.25) is 5.95 Å². The third kappa shape index (κ3) is 5.44. The van der Waals surface area contributed by atoms with E-state index in [9.17, 15) is 18.0 Å². The topological polar surface area (TPSA) is 87.1 Å². The van der Waals surface area contributed by atoms with E-state index in [0.29, 0.717) is 5.69 Å². The van der Waals surface area contributed by atoms with Crippen molar-refractivity contribution < 1.29 is 23.1 Å². The Kier molecular flexibility index (Phi) is 6.02. The highest BCUT2D eigenvalue weighted by Gasteiger charge is 2.33. The average molecular weight is 467 g/mol. The summed E-state index contributed by atoms with van der Waals surface area (Å²) in [6.07, 6.45) is -4.52. The number of hydrogen-bond donors (Lipinski definition) is 3. The molecule has 1 heterocycles. The molecule has 0 aliphatic rings. The summed E-state index contributed by atoms with van der Waals surface area (Å²) < 4.78 is 39.4. The summed E-state index contributed by atoms with van der Waals surface area (Å²) in [5.74, 6) is -0.859. The summed E-state index contributed by atoms with van der Waals surface area (Å²) in [7, 11) is 0. The molecule has 3 aromatic rings. The molecule has 3 N–H and O–H groups in total. The molecule has 10 heteroatoms. The summed E-state index contributed by atoms with van der Waals surface area (Å²) in [4.78, 5) is 19.2. The normalized spacial score (nSPS) is 11.2. The lowest BCUT2D eigenvalue weighted by atomic mass is 10.1. The molecular formula is C19H14BrF3N4O2. The van der Waals surface area contributed by atoms with E-state index in [4.69, 9.17) is 5.11 Å². The number of carbonyl (C=O) groups is 1. The molecular weight excluding hydrogens is 453 g/mol. The first kappa shape index (κ1) is 20.6. The van der Waals surface area contributed by atoms with Gasteiger partial charge in [-0.05, 0) is 18.2 Å². The van der Waals surface area contributed by atoms with Gasteiger partial charge in [0.25, 0.3) is 0 Å². The van der Waals surface area contributed by atoms with E-state index in [1.54, 1.807) is 30.3 Å². The maximum absolute atomic E-state index is 13.1. The van der Waals surface area contributed by atoms with Crippen molar-refractivity contribution in [1.29, 1.82) is 0 Å². The standard InChI is InChI=1S/C19H14BrF3N4O2/c20-14-7-6-12(8-13(14)19(21,22)23)25-16-9-15(11-4-2-1-3-5-11)26-18(27-16)24-10-17(28)29/h1-9H,10H2,(H,28,29)(H2,24,25,26,27). The van der Waals surface area contributed by atoms with E-state index < -0.39 is 24.3 Å². The number of rotatable bonds is 6. The van der Waals surface area contributed by atoms with Crippen LogP contribution < -0.4 is 10.6 Å². The van der Waals surface area contributed by atoms with E-state index in [2.05, 4.69) is 36.5 Å². The third-order valence-corrected chi connectivity index (χ3v) is 4.43. The Balaban J connectivity index is 1.98. The summed E-state index contributed by atoms with van der Waals surface area (Å²) in [6, 6.07) is 14.3. The highest BCUT2D eigenvalue weighted by Crippen LogP contribution is 2.37. The first-order valence-corrected chi connectivity index (χ1v) is 9.05. The molecule has 2 aromatic carbocycles. The Bertz CT molecular complexity index is 1030. The summed E-state index contributed by atoms with van der Waals surface area (Å²) in [5.41, 5.74) is 0.554. The van der Waals surface area contributed by atoms with Crippen LogP contribution in [0.4, 0.5) is 30.6 Å². The monoisotopic (exact) mass is 466 g/mol. The van der Waals surface area contributed by atoms with Crippen molar-refractivity contribution >= 4 is 39.4 Å². The molecule has 29 heavy (non-hydrogen) atoms. The van der Waals surface area contributed by atoms with Crippen molar-refractivity contribution in [2.24, 2.45) is 0 Å². The second-order valence-corrected chi connectivity index (χ2v) is 6.75. The number of nitrogens with zero attached hydrogens (tertiary/aromatic N) is 2. The molecule has 0 aliphatic carbocycles. The van der Waals surface area contributed by atoms with E-state index in [-0.39, 0.29) is 21.9 Å². The van der Waals surface area contributed by atoms with Gasteiger partial charge in [0, 0.05) is 21.8 Å². The molecule has 0 unspecified atom stereocenters. The number of anilines is 3. The average Bonchev–Trinajstić information content (AvgIpc) is 2.67. The highest BCUT2D eigenvalue weighted by atomic mass is 79.9. The molecule has 0 saturated heterocycles. The lowest BCUT2D eigenvalue weighted by Crippen LogP contribution is -2.15. The number of halogens is 4. The quantitative estimate of drug-likeness (QED) is 0.464. The highest BCUT2D eigenvalue weighted by molar-refractivity contribution is 9.10. The van der Waals surface area contributed by atoms with Gasteiger partial charge in [-0.25, -0.2) is 4.98 Å². The molecule has 0 spiro atoms. The zero-order valence-corrected chi connectivity index (χ0v) is 16.3. The van der Waals surface area contributed by atoms with Crippen LogP contribution in [0, 0.1) is 0 Å². The van der Waals surface area contributed by atoms with Crippen molar-refractivity contribution in [2.75, 3.05) is 17.2 Å². The minimum atomic E-state index is -4.52. The minimum Gasteiger partial charge on any atom is -0.480 e. The van der Waals surface area contributed by atoms with Crippen molar-refractivity contribution in [3.8, 4) is 11.3 Å². The maximum Gasteiger partial charge on any atom is 0.417 e. The van der Waals surface area contributed by atoms with E-state index in [1.807, 2.05) is 6.07 Å². The Morgan fingerprint density at radius 3 is 2.45 bits per heavy atom. The van der Waals surface area contributed by atoms with Crippen molar-refractivity contribution in [2.45, 2.75) is 6.18 Å². The third-order valence-electron chi connectivity index (χ3n) is 3.74. The predicted octanol–water partition coefficient (Wildman–Crippen LogP) is 5.17. The fraction of sp³-hybridized carbons (Fsp3) is 0.105. The first-order valence-electron chi connectivity index (χ1n) is 8.26. The van der Waals surface area contributed by atoms with Crippen LogP contribution in [0.3, 0.4) is 0 Å². The molecule has 150 valence electrons. The summed E-state index contributed by atoms with van der Waals surface area (Å²) in [5, 5.41) is 14.3. The number of nitrogens with one attached hydrogen (secondary N) is 2. The Labute approximate surface area is 171 Å². The van der Waals surface area contributed by atoms with Crippen LogP contribution in [0.25, 0.3) is 11.3 Å². The number of benzene rings is 2. The number of alkyl halides is 3. The van der Waals surface area contributed by atoms with Gasteiger partial charge in [-0.1, -0.05) is 46.3 Å². The Morgan fingerprint density at radius 2 is 1.79 bits per heavy atom. The fourth-order valence-electron chi connectivity index (χ4n) is 2.47. The fourth-order valence-corrected chi connectivity index (χ4v) is 2.94. The molecule has 0 amide bonds. The second-order valence-electron chi connectivity index (χ2n) is 5.89. The van der Waals surface area contributed by atoms with Crippen molar-refractivity contribution in [1.82, 2.24) is 9.97 Å². The van der Waals surface area contributed by atoms with Gasteiger partial charge in [0.05, 0.1) is 11.3 Å². The predicted molar refractivity (Wildman–Crippen MR) is 106 cm³/mol. The smallest absolute Gasteiger partial charge is 0.417 e. The SMILES string of the molecule is O=C(O)CNc1nc(Nc2ccc(Br)c(C(F)(F)F)c2)cc(-c2ccccc2)n1. The van der Waals surface area contributed by atoms with E-state index in [1.165, 1.54) is 12.1 Å². The van der Waals surface area contributed by atoms with Crippen LogP contribution in [-0.2, 0) is 11.0 Å². The number of aliphatic carboxylic acids is 1. The van der Waals surface area contributed by atoms with Crippen LogP contribution in [-0.4, -0.2) is 27.6 Å². The summed E-state index contributed by atoms with van der Waals surface area (Å²) >= 11 is 2.90. The number of hydrogen-bond acceptors (Lipinski definition) is 5. The van der Waals surface area contributed by atoms with Crippen LogP contribution >= 0.6 is 15.9 Å². The van der Waals surface area contributed by atoms with Gasteiger partial charge in [-0.15, -0.1) is 0 Å². The maximum atomic E-state index is 13.1. The molecule has 0 fully saturated rings. The lowest BCUT2D eigenvalue weighted by molar-refractivity contribution is -0.138.